The number of ether oxygens (including phenoxy) is 1. The van der Waals surface area contributed by atoms with Gasteiger partial charge in [0, 0.05) is 0 Å². The predicted octanol–water partition coefficient (Wildman–Crippen LogP) is 2.35. The highest BCUT2D eigenvalue weighted by atomic mass is 19.4. The van der Waals surface area contributed by atoms with Crippen LogP contribution in [0.1, 0.15) is 40.5 Å². The van der Waals surface area contributed by atoms with Gasteiger partial charge in [0.05, 0.1) is 0 Å². The van der Waals surface area contributed by atoms with Crippen molar-refractivity contribution in [3.63, 3.8) is 0 Å². The molecule has 1 aliphatic heterocycles. The van der Waals surface area contributed by atoms with Crippen molar-refractivity contribution in [2.75, 3.05) is 13.1 Å². The Morgan fingerprint density at radius 2 is 1.71 bits per heavy atom. The van der Waals surface area contributed by atoms with Crippen LogP contribution in [0.25, 0.3) is 0 Å². The average molecular weight is 311 g/mol. The standard InChI is InChI=1S/C14H24F3NO3/c1-9(12(20)21-13(2,3)4)18-7-5-10(6-8-18)11(19)14(15,16)17/h9-11,19H,5-8H2,1-4H3. The van der Waals surface area contributed by atoms with E-state index in [-0.39, 0.29) is 18.8 Å². The molecule has 0 aromatic carbocycles. The lowest BCUT2D eigenvalue weighted by Gasteiger charge is -2.37. The third kappa shape index (κ3) is 5.47. The van der Waals surface area contributed by atoms with Gasteiger partial charge < -0.3 is 9.84 Å². The monoisotopic (exact) mass is 311 g/mol. The van der Waals surface area contributed by atoms with Crippen molar-refractivity contribution in [1.29, 1.82) is 0 Å². The first-order valence-corrected chi connectivity index (χ1v) is 7.13. The Morgan fingerprint density at radius 1 is 1.24 bits per heavy atom. The van der Waals surface area contributed by atoms with E-state index >= 15 is 0 Å². The number of aliphatic hydroxyl groups excluding tert-OH is 1. The number of alkyl halides is 3. The molecule has 4 nitrogen and oxygen atoms in total. The number of hydrogen-bond acceptors (Lipinski definition) is 4. The highest BCUT2D eigenvalue weighted by molar-refractivity contribution is 5.75. The molecule has 1 heterocycles. The van der Waals surface area contributed by atoms with Gasteiger partial charge in [-0.15, -0.1) is 0 Å². The molecule has 2 unspecified atom stereocenters. The van der Waals surface area contributed by atoms with Crippen LogP contribution in [-0.2, 0) is 9.53 Å². The van der Waals surface area contributed by atoms with E-state index in [1.54, 1.807) is 32.6 Å². The molecular weight excluding hydrogens is 287 g/mol. The number of esters is 1. The summed E-state index contributed by atoms with van der Waals surface area (Å²) in [7, 11) is 0. The van der Waals surface area contributed by atoms with Crippen LogP contribution >= 0.6 is 0 Å². The highest BCUT2D eigenvalue weighted by Gasteiger charge is 2.44. The minimum absolute atomic E-state index is 0.216. The van der Waals surface area contributed by atoms with Gasteiger partial charge in [-0.3, -0.25) is 9.69 Å². The Kier molecular flexibility index (Phi) is 5.66. The second-order valence-electron chi connectivity index (χ2n) is 6.57. The summed E-state index contributed by atoms with van der Waals surface area (Å²) in [6.07, 6.45) is -6.43. The van der Waals surface area contributed by atoms with Crippen LogP contribution in [0, 0.1) is 5.92 Å². The number of likely N-dealkylation sites (tertiary alicyclic amines) is 1. The molecule has 1 rings (SSSR count). The summed E-state index contributed by atoms with van der Waals surface area (Å²) in [6.45, 7) is 7.68. The van der Waals surface area contributed by atoms with Crippen LogP contribution < -0.4 is 0 Å². The van der Waals surface area contributed by atoms with Crippen LogP contribution in [0.4, 0.5) is 13.2 Å². The van der Waals surface area contributed by atoms with Crippen LogP contribution in [0.2, 0.25) is 0 Å². The normalized spacial score (nSPS) is 21.9. The first-order valence-electron chi connectivity index (χ1n) is 7.13. The van der Waals surface area contributed by atoms with Crippen molar-refractivity contribution in [3.8, 4) is 0 Å². The van der Waals surface area contributed by atoms with Gasteiger partial charge in [0.2, 0.25) is 0 Å². The molecule has 1 aliphatic rings. The van der Waals surface area contributed by atoms with Crippen LogP contribution in [0.15, 0.2) is 0 Å². The maximum Gasteiger partial charge on any atom is 0.414 e. The van der Waals surface area contributed by atoms with Crippen molar-refractivity contribution in [1.82, 2.24) is 4.90 Å². The Morgan fingerprint density at radius 3 is 2.10 bits per heavy atom. The van der Waals surface area contributed by atoms with E-state index in [0.29, 0.717) is 13.1 Å². The lowest BCUT2D eigenvalue weighted by atomic mass is 9.90. The van der Waals surface area contributed by atoms with Gasteiger partial charge in [-0.1, -0.05) is 0 Å². The van der Waals surface area contributed by atoms with Crippen molar-refractivity contribution in [2.24, 2.45) is 5.92 Å². The molecule has 0 aromatic rings. The predicted molar refractivity (Wildman–Crippen MR) is 71.7 cm³/mol. The second kappa shape index (κ2) is 6.52. The summed E-state index contributed by atoms with van der Waals surface area (Å²) in [5.74, 6) is -1.18. The maximum absolute atomic E-state index is 12.5. The molecule has 0 spiro atoms. The fourth-order valence-electron chi connectivity index (χ4n) is 2.43. The number of carbonyl (C=O) groups excluding carboxylic acids is 1. The number of aliphatic hydroxyl groups is 1. The molecule has 1 N–H and O–H groups in total. The van der Waals surface area contributed by atoms with Crippen LogP contribution in [-0.4, -0.2) is 53.0 Å². The lowest BCUT2D eigenvalue weighted by molar-refractivity contribution is -0.223. The number of carbonyl (C=O) groups is 1. The number of halogens is 3. The first-order chi connectivity index (χ1) is 9.42. The van der Waals surface area contributed by atoms with Crippen molar-refractivity contribution in [2.45, 2.75) is 64.5 Å². The summed E-state index contributed by atoms with van der Waals surface area (Å²) in [6, 6.07) is -0.492. The second-order valence-corrected chi connectivity index (χ2v) is 6.57. The van der Waals surface area contributed by atoms with E-state index in [1.165, 1.54) is 0 Å². The minimum atomic E-state index is -4.58. The average Bonchev–Trinajstić information content (AvgIpc) is 2.34. The molecule has 1 fully saturated rings. The van der Waals surface area contributed by atoms with E-state index in [2.05, 4.69) is 0 Å². The zero-order valence-electron chi connectivity index (χ0n) is 12.9. The Balaban J connectivity index is 2.51. The quantitative estimate of drug-likeness (QED) is 0.813. The van der Waals surface area contributed by atoms with Crippen molar-refractivity contribution >= 4 is 5.97 Å². The number of nitrogens with zero attached hydrogens (tertiary/aromatic N) is 1. The van der Waals surface area contributed by atoms with E-state index in [1.807, 2.05) is 0 Å². The van der Waals surface area contributed by atoms with Gasteiger partial charge in [-0.25, -0.2) is 0 Å². The van der Waals surface area contributed by atoms with Gasteiger partial charge in [0.25, 0.3) is 0 Å². The molecule has 0 radical (unpaired) electrons. The summed E-state index contributed by atoms with van der Waals surface area (Å²) in [5, 5.41) is 9.26. The van der Waals surface area contributed by atoms with Crippen molar-refractivity contribution in [3.05, 3.63) is 0 Å². The maximum atomic E-state index is 12.5. The smallest absolute Gasteiger partial charge is 0.414 e. The van der Waals surface area contributed by atoms with E-state index < -0.39 is 29.8 Å². The number of rotatable bonds is 3. The molecule has 0 aliphatic carbocycles. The topological polar surface area (TPSA) is 49.8 Å². The highest BCUT2D eigenvalue weighted by Crippen LogP contribution is 2.32. The molecule has 21 heavy (non-hydrogen) atoms. The Hall–Kier alpha value is -0.820. The molecule has 1 saturated heterocycles. The van der Waals surface area contributed by atoms with Gasteiger partial charge >= 0.3 is 12.1 Å². The van der Waals surface area contributed by atoms with E-state index in [4.69, 9.17) is 4.74 Å². The summed E-state index contributed by atoms with van der Waals surface area (Å²) < 4.78 is 42.7. The number of piperidine rings is 1. The summed E-state index contributed by atoms with van der Waals surface area (Å²) in [4.78, 5) is 13.7. The van der Waals surface area contributed by atoms with Crippen LogP contribution in [0.5, 0.6) is 0 Å². The zero-order chi connectivity index (χ0) is 16.4. The molecule has 0 aromatic heterocycles. The lowest BCUT2D eigenvalue weighted by Crippen LogP contribution is -2.49. The van der Waals surface area contributed by atoms with E-state index in [9.17, 15) is 23.1 Å². The first kappa shape index (κ1) is 18.2. The molecule has 0 bridgehead atoms. The third-order valence-electron chi connectivity index (χ3n) is 3.65. The molecule has 0 amide bonds. The SMILES string of the molecule is CC(C(=O)OC(C)(C)C)N1CCC(C(O)C(F)(F)F)CC1. The molecule has 7 heteroatoms. The van der Waals surface area contributed by atoms with Gasteiger partial charge in [-0.2, -0.15) is 13.2 Å². The molecule has 2 atom stereocenters. The number of hydrogen-bond donors (Lipinski definition) is 1. The molecule has 0 saturated carbocycles. The Labute approximate surface area is 123 Å². The fourth-order valence-corrected chi connectivity index (χ4v) is 2.43. The third-order valence-corrected chi connectivity index (χ3v) is 3.65. The van der Waals surface area contributed by atoms with Crippen molar-refractivity contribution < 1.29 is 27.8 Å². The molecule has 124 valence electrons. The van der Waals surface area contributed by atoms with Crippen LogP contribution in [0.3, 0.4) is 0 Å². The van der Waals surface area contributed by atoms with Gasteiger partial charge in [-0.05, 0) is 59.5 Å². The molecular formula is C14H24F3NO3. The van der Waals surface area contributed by atoms with E-state index in [0.717, 1.165) is 0 Å². The summed E-state index contributed by atoms with van der Waals surface area (Å²) >= 11 is 0. The van der Waals surface area contributed by atoms with Gasteiger partial charge in [0.15, 0.2) is 6.10 Å². The minimum Gasteiger partial charge on any atom is -0.459 e. The fraction of sp³-hybridized carbons (Fsp3) is 0.929. The zero-order valence-corrected chi connectivity index (χ0v) is 12.9. The van der Waals surface area contributed by atoms with Gasteiger partial charge in [0.1, 0.15) is 11.6 Å². The largest absolute Gasteiger partial charge is 0.459 e. The Bertz CT molecular complexity index is 357. The summed E-state index contributed by atoms with van der Waals surface area (Å²) in [5.41, 5.74) is -0.587.